The second kappa shape index (κ2) is 9.58. The van der Waals surface area contributed by atoms with Crippen molar-refractivity contribution in [2.75, 3.05) is 18.1 Å². The molecule has 3 rings (SSSR count). The Balaban J connectivity index is 1.81. The van der Waals surface area contributed by atoms with Gasteiger partial charge in [-0.15, -0.1) is 11.8 Å². The van der Waals surface area contributed by atoms with Crippen LogP contribution in [0.5, 0.6) is 0 Å². The van der Waals surface area contributed by atoms with Crippen LogP contribution in [0, 0.1) is 0 Å². The Morgan fingerprint density at radius 1 is 1.07 bits per heavy atom. The molecule has 150 valence electrons. The van der Waals surface area contributed by atoms with Gasteiger partial charge in [0.05, 0.1) is 11.4 Å². The Bertz CT molecular complexity index is 895. The van der Waals surface area contributed by atoms with Crippen LogP contribution < -0.4 is 5.32 Å². The van der Waals surface area contributed by atoms with E-state index in [1.165, 1.54) is 4.31 Å². The van der Waals surface area contributed by atoms with Crippen molar-refractivity contribution in [3.05, 3.63) is 54.6 Å². The number of carbonyl (C=O) groups is 1. The van der Waals surface area contributed by atoms with E-state index in [1.54, 1.807) is 42.1 Å². The van der Waals surface area contributed by atoms with Gasteiger partial charge in [-0.25, -0.2) is 8.42 Å². The number of hydrogen-bond donors (Lipinski definition) is 1. The molecule has 0 heterocycles. The molecule has 2 aromatic rings. The first-order valence-electron chi connectivity index (χ1n) is 9.51. The van der Waals surface area contributed by atoms with Crippen LogP contribution >= 0.6 is 11.8 Å². The third kappa shape index (κ3) is 5.16. The van der Waals surface area contributed by atoms with Crippen LogP contribution in [0.1, 0.15) is 32.1 Å². The highest BCUT2D eigenvalue weighted by Crippen LogP contribution is 2.28. The molecule has 1 amide bonds. The standard InChI is InChI=1S/C21H26N2O3S2/c1-27-19-12-8-9-17(15-19)22-21(24)16-23(18-10-4-2-5-11-18)28(25,26)20-13-6-3-7-14-20/h3,6-9,12-15,18H,2,4-5,10-11,16H2,1H3,(H,22,24). The average molecular weight is 419 g/mol. The Kier molecular flexibility index (Phi) is 7.15. The van der Waals surface area contributed by atoms with Crippen molar-refractivity contribution >= 4 is 33.4 Å². The summed E-state index contributed by atoms with van der Waals surface area (Å²) in [5.74, 6) is -0.316. The Morgan fingerprint density at radius 3 is 2.46 bits per heavy atom. The Morgan fingerprint density at radius 2 is 1.79 bits per heavy atom. The summed E-state index contributed by atoms with van der Waals surface area (Å²) in [6, 6.07) is 15.8. The fourth-order valence-electron chi connectivity index (χ4n) is 3.55. The molecule has 0 aliphatic heterocycles. The van der Waals surface area contributed by atoms with Crippen molar-refractivity contribution in [2.24, 2.45) is 0 Å². The van der Waals surface area contributed by atoms with Crippen LogP contribution in [0.3, 0.4) is 0 Å². The average Bonchev–Trinajstić information content (AvgIpc) is 2.73. The summed E-state index contributed by atoms with van der Waals surface area (Å²) in [5.41, 5.74) is 0.678. The molecule has 2 aromatic carbocycles. The van der Waals surface area contributed by atoms with Gasteiger partial charge in [0.1, 0.15) is 0 Å². The summed E-state index contributed by atoms with van der Waals surface area (Å²) in [7, 11) is -3.73. The van der Waals surface area contributed by atoms with Gasteiger partial charge in [0.25, 0.3) is 0 Å². The van der Waals surface area contributed by atoms with Crippen molar-refractivity contribution in [1.29, 1.82) is 0 Å². The lowest BCUT2D eigenvalue weighted by molar-refractivity contribution is -0.116. The van der Waals surface area contributed by atoms with Crippen molar-refractivity contribution in [3.63, 3.8) is 0 Å². The zero-order valence-electron chi connectivity index (χ0n) is 16.0. The van der Waals surface area contributed by atoms with E-state index in [2.05, 4.69) is 5.32 Å². The van der Waals surface area contributed by atoms with Crippen molar-refractivity contribution in [3.8, 4) is 0 Å². The van der Waals surface area contributed by atoms with Crippen molar-refractivity contribution in [1.82, 2.24) is 4.31 Å². The van der Waals surface area contributed by atoms with Gasteiger partial charge in [0.2, 0.25) is 15.9 Å². The van der Waals surface area contributed by atoms with Gasteiger partial charge in [0, 0.05) is 16.6 Å². The smallest absolute Gasteiger partial charge is 0.243 e. The molecule has 28 heavy (non-hydrogen) atoms. The summed E-state index contributed by atoms with van der Waals surface area (Å²) >= 11 is 1.59. The maximum absolute atomic E-state index is 13.3. The first kappa shape index (κ1) is 20.9. The molecule has 1 aliphatic rings. The first-order valence-corrected chi connectivity index (χ1v) is 12.2. The molecule has 0 bridgehead atoms. The van der Waals surface area contributed by atoms with Gasteiger partial charge in [-0.2, -0.15) is 4.31 Å². The Hall–Kier alpha value is -1.83. The lowest BCUT2D eigenvalue weighted by Crippen LogP contribution is -2.45. The second-order valence-corrected chi connectivity index (χ2v) is 9.71. The van der Waals surface area contributed by atoms with Gasteiger partial charge in [-0.1, -0.05) is 43.5 Å². The van der Waals surface area contributed by atoms with E-state index in [0.717, 1.165) is 37.0 Å². The molecule has 0 spiro atoms. The molecule has 1 fully saturated rings. The van der Waals surface area contributed by atoms with E-state index in [0.29, 0.717) is 5.69 Å². The number of amides is 1. The summed E-state index contributed by atoms with van der Waals surface area (Å²) in [4.78, 5) is 14.0. The topological polar surface area (TPSA) is 66.5 Å². The maximum atomic E-state index is 13.3. The fraction of sp³-hybridized carbons (Fsp3) is 0.381. The van der Waals surface area contributed by atoms with E-state index in [9.17, 15) is 13.2 Å². The molecule has 0 aromatic heterocycles. The summed E-state index contributed by atoms with van der Waals surface area (Å²) in [6.07, 6.45) is 6.65. The van der Waals surface area contributed by atoms with Gasteiger partial charge in [0.15, 0.2) is 0 Å². The maximum Gasteiger partial charge on any atom is 0.243 e. The third-order valence-corrected chi connectivity index (χ3v) is 7.62. The summed E-state index contributed by atoms with van der Waals surface area (Å²) in [5, 5.41) is 2.85. The molecule has 1 N–H and O–H groups in total. The largest absolute Gasteiger partial charge is 0.325 e. The fourth-order valence-corrected chi connectivity index (χ4v) is 5.67. The van der Waals surface area contributed by atoms with Crippen LogP contribution in [-0.2, 0) is 14.8 Å². The third-order valence-electron chi connectivity index (χ3n) is 4.98. The second-order valence-electron chi connectivity index (χ2n) is 6.94. The number of anilines is 1. The van der Waals surface area contributed by atoms with Crippen molar-refractivity contribution in [2.45, 2.75) is 47.9 Å². The highest BCUT2D eigenvalue weighted by molar-refractivity contribution is 7.98. The lowest BCUT2D eigenvalue weighted by Gasteiger charge is -2.33. The zero-order chi connectivity index (χ0) is 20.0. The molecular formula is C21H26N2O3S2. The molecule has 0 atom stereocenters. The van der Waals surface area contributed by atoms with Gasteiger partial charge >= 0.3 is 0 Å². The quantitative estimate of drug-likeness (QED) is 0.678. The number of sulfonamides is 1. The molecule has 1 saturated carbocycles. The minimum absolute atomic E-state index is 0.137. The number of nitrogens with zero attached hydrogens (tertiary/aromatic N) is 1. The summed E-state index contributed by atoms with van der Waals surface area (Å²) in [6.45, 7) is -0.175. The molecule has 0 radical (unpaired) electrons. The minimum Gasteiger partial charge on any atom is -0.325 e. The molecule has 0 unspecified atom stereocenters. The predicted octanol–water partition coefficient (Wildman–Crippen LogP) is 4.37. The number of carbonyl (C=O) groups excluding carboxylic acids is 1. The number of nitrogens with one attached hydrogen (secondary N) is 1. The predicted molar refractivity (Wildman–Crippen MR) is 114 cm³/mol. The van der Waals surface area contributed by atoms with Gasteiger partial charge < -0.3 is 5.32 Å². The molecule has 0 saturated heterocycles. The van der Waals surface area contributed by atoms with Crippen LogP contribution in [-0.4, -0.2) is 37.5 Å². The minimum atomic E-state index is -3.73. The summed E-state index contributed by atoms with van der Waals surface area (Å²) < 4.78 is 27.9. The number of rotatable bonds is 7. The van der Waals surface area contributed by atoms with E-state index in [-0.39, 0.29) is 23.4 Å². The zero-order valence-corrected chi connectivity index (χ0v) is 17.6. The van der Waals surface area contributed by atoms with Crippen LogP contribution in [0.15, 0.2) is 64.4 Å². The Labute approximate surface area is 171 Å². The monoisotopic (exact) mass is 418 g/mol. The van der Waals surface area contributed by atoms with Gasteiger partial charge in [-0.05, 0) is 49.4 Å². The SMILES string of the molecule is CSc1cccc(NC(=O)CN(C2CCCCC2)S(=O)(=O)c2ccccc2)c1. The number of benzene rings is 2. The van der Waals surface area contributed by atoms with E-state index in [4.69, 9.17) is 0 Å². The van der Waals surface area contributed by atoms with Crippen LogP contribution in [0.4, 0.5) is 5.69 Å². The van der Waals surface area contributed by atoms with Crippen molar-refractivity contribution < 1.29 is 13.2 Å². The van der Waals surface area contributed by atoms with E-state index in [1.807, 2.05) is 30.5 Å². The van der Waals surface area contributed by atoms with Crippen LogP contribution in [0.25, 0.3) is 0 Å². The first-order chi connectivity index (χ1) is 13.5. The molecule has 7 heteroatoms. The van der Waals surface area contributed by atoms with Crippen LogP contribution in [0.2, 0.25) is 0 Å². The van der Waals surface area contributed by atoms with E-state index >= 15 is 0 Å². The van der Waals surface area contributed by atoms with Gasteiger partial charge in [-0.3, -0.25) is 4.79 Å². The number of hydrogen-bond acceptors (Lipinski definition) is 4. The molecule has 5 nitrogen and oxygen atoms in total. The lowest BCUT2D eigenvalue weighted by atomic mass is 9.95. The highest BCUT2D eigenvalue weighted by Gasteiger charge is 2.33. The van der Waals surface area contributed by atoms with E-state index < -0.39 is 10.0 Å². The molecule has 1 aliphatic carbocycles. The number of thioether (sulfide) groups is 1. The highest BCUT2D eigenvalue weighted by atomic mass is 32.2. The normalized spacial score (nSPS) is 15.5. The molecular weight excluding hydrogens is 392 g/mol.